The van der Waals surface area contributed by atoms with Gasteiger partial charge in [-0.2, -0.15) is 5.10 Å². The predicted molar refractivity (Wildman–Crippen MR) is 87.3 cm³/mol. The number of allylic oxidation sites excluding steroid dienone is 1. The van der Waals surface area contributed by atoms with E-state index in [0.29, 0.717) is 16.7 Å². The summed E-state index contributed by atoms with van der Waals surface area (Å²) in [5.74, 6) is -0.790. The monoisotopic (exact) mass is 306 g/mol. The van der Waals surface area contributed by atoms with Gasteiger partial charge in [-0.1, -0.05) is 42.5 Å². The highest BCUT2D eigenvalue weighted by Crippen LogP contribution is 2.31. The van der Waals surface area contributed by atoms with Gasteiger partial charge in [-0.3, -0.25) is 9.59 Å². The molecule has 3 rings (SSSR count). The van der Waals surface area contributed by atoms with E-state index in [0.717, 1.165) is 0 Å². The van der Waals surface area contributed by atoms with Gasteiger partial charge in [0.25, 0.3) is 5.91 Å². The number of hydrazone groups is 1. The molecule has 114 valence electrons. The molecule has 0 bridgehead atoms. The molecule has 0 aromatic heterocycles. The normalized spacial score (nSPS) is 14.0. The molecule has 0 unspecified atom stereocenters. The van der Waals surface area contributed by atoms with Crippen molar-refractivity contribution in [1.82, 2.24) is 5.43 Å². The second-order valence-electron chi connectivity index (χ2n) is 5.10. The summed E-state index contributed by atoms with van der Waals surface area (Å²) < 4.78 is 0. The molecule has 5 nitrogen and oxygen atoms in total. The molecule has 0 saturated carbocycles. The molecule has 0 heterocycles. The topological polar surface area (TPSA) is 78.8 Å². The zero-order valence-corrected chi connectivity index (χ0v) is 12.4. The van der Waals surface area contributed by atoms with Crippen LogP contribution in [-0.2, 0) is 0 Å². The van der Waals surface area contributed by atoms with Crippen molar-refractivity contribution < 1.29 is 14.7 Å². The number of aliphatic hydroxyl groups is 1. The number of hydrogen-bond donors (Lipinski definition) is 2. The van der Waals surface area contributed by atoms with Crippen molar-refractivity contribution in [3.05, 3.63) is 76.9 Å². The van der Waals surface area contributed by atoms with Crippen LogP contribution in [0.1, 0.15) is 33.2 Å². The Kier molecular flexibility index (Phi) is 3.76. The Balaban J connectivity index is 1.84. The Hall–Kier alpha value is -3.21. The van der Waals surface area contributed by atoms with Gasteiger partial charge in [0.2, 0.25) is 0 Å². The van der Waals surface area contributed by atoms with Crippen LogP contribution in [0.2, 0.25) is 0 Å². The van der Waals surface area contributed by atoms with Crippen molar-refractivity contribution in [3.8, 4) is 0 Å². The van der Waals surface area contributed by atoms with Crippen LogP contribution in [0, 0.1) is 0 Å². The number of benzene rings is 2. The van der Waals surface area contributed by atoms with Crippen molar-refractivity contribution in [1.29, 1.82) is 0 Å². The highest BCUT2D eigenvalue weighted by Gasteiger charge is 2.31. The molecule has 0 saturated heterocycles. The van der Waals surface area contributed by atoms with Gasteiger partial charge in [0.1, 0.15) is 5.76 Å². The number of Topliss-reactive ketones (excluding diaryl/α,β-unsaturated/α-hetero) is 1. The maximum atomic E-state index is 12.4. The fourth-order valence-electron chi connectivity index (χ4n) is 2.44. The number of carbonyl (C=O) groups is 2. The van der Waals surface area contributed by atoms with Crippen LogP contribution >= 0.6 is 0 Å². The summed E-state index contributed by atoms with van der Waals surface area (Å²) in [6.45, 7) is 1.57. The van der Waals surface area contributed by atoms with Crippen molar-refractivity contribution in [2.24, 2.45) is 5.10 Å². The lowest BCUT2D eigenvalue weighted by Crippen LogP contribution is -2.20. The van der Waals surface area contributed by atoms with E-state index in [1.54, 1.807) is 55.5 Å². The average Bonchev–Trinajstić information content (AvgIpc) is 2.85. The molecule has 0 radical (unpaired) electrons. The minimum Gasteiger partial charge on any atom is -0.506 e. The maximum Gasteiger partial charge on any atom is 0.271 e. The SMILES string of the molecule is C/C(=N/NC(=O)c1ccccc1)C1=C(O)c2ccccc2C1=O. The van der Waals surface area contributed by atoms with E-state index in [1.807, 2.05) is 6.07 Å². The van der Waals surface area contributed by atoms with E-state index >= 15 is 0 Å². The number of fused-ring (bicyclic) bond motifs is 1. The largest absolute Gasteiger partial charge is 0.506 e. The molecular weight excluding hydrogens is 292 g/mol. The quantitative estimate of drug-likeness (QED) is 0.676. The molecule has 0 fully saturated rings. The van der Waals surface area contributed by atoms with Crippen molar-refractivity contribution in [2.45, 2.75) is 6.92 Å². The van der Waals surface area contributed by atoms with E-state index in [1.165, 1.54) is 0 Å². The third-order valence-corrected chi connectivity index (χ3v) is 3.61. The summed E-state index contributed by atoms with van der Waals surface area (Å²) in [5.41, 5.74) is 4.14. The van der Waals surface area contributed by atoms with E-state index in [2.05, 4.69) is 10.5 Å². The lowest BCUT2D eigenvalue weighted by Gasteiger charge is -2.03. The number of ketones is 1. The Morgan fingerprint density at radius 2 is 1.61 bits per heavy atom. The van der Waals surface area contributed by atoms with Crippen molar-refractivity contribution in [2.75, 3.05) is 0 Å². The molecule has 1 aliphatic carbocycles. The molecule has 23 heavy (non-hydrogen) atoms. The van der Waals surface area contributed by atoms with Gasteiger partial charge in [0.15, 0.2) is 5.78 Å². The summed E-state index contributed by atoms with van der Waals surface area (Å²) in [7, 11) is 0. The minimum atomic E-state index is -0.381. The second kappa shape index (κ2) is 5.88. The lowest BCUT2D eigenvalue weighted by molar-refractivity contribution is 0.0953. The highest BCUT2D eigenvalue weighted by atomic mass is 16.3. The first kappa shape index (κ1) is 14.7. The van der Waals surface area contributed by atoms with Gasteiger partial charge in [0.05, 0.1) is 11.3 Å². The summed E-state index contributed by atoms with van der Waals surface area (Å²) in [4.78, 5) is 24.3. The highest BCUT2D eigenvalue weighted by molar-refractivity contribution is 6.35. The van der Waals surface area contributed by atoms with Crippen LogP contribution in [0.4, 0.5) is 0 Å². The van der Waals surface area contributed by atoms with E-state index < -0.39 is 0 Å². The summed E-state index contributed by atoms with van der Waals surface area (Å²) in [6, 6.07) is 15.4. The Morgan fingerprint density at radius 3 is 2.26 bits per heavy atom. The molecule has 0 atom stereocenters. The molecule has 1 aliphatic rings. The zero-order chi connectivity index (χ0) is 16.4. The molecule has 2 aromatic carbocycles. The van der Waals surface area contributed by atoms with Crippen LogP contribution < -0.4 is 5.43 Å². The molecule has 2 N–H and O–H groups in total. The number of nitrogens with zero attached hydrogens (tertiary/aromatic N) is 1. The first-order valence-corrected chi connectivity index (χ1v) is 7.07. The molecule has 0 spiro atoms. The standard InChI is InChI=1S/C18H14N2O3/c1-11(19-20-18(23)12-7-3-2-4-8-12)15-16(21)13-9-5-6-10-14(13)17(15)22/h2-10,21H,1H3,(H,20,23)/b19-11-. The van der Waals surface area contributed by atoms with Crippen molar-refractivity contribution in [3.63, 3.8) is 0 Å². The van der Waals surface area contributed by atoms with Gasteiger partial charge in [0, 0.05) is 16.7 Å². The molecule has 0 aliphatic heterocycles. The first-order chi connectivity index (χ1) is 11.1. The first-order valence-electron chi connectivity index (χ1n) is 7.07. The van der Waals surface area contributed by atoms with Gasteiger partial charge >= 0.3 is 0 Å². The van der Waals surface area contributed by atoms with Gasteiger partial charge < -0.3 is 5.11 Å². The maximum absolute atomic E-state index is 12.4. The molecule has 2 aromatic rings. The number of hydrogen-bond acceptors (Lipinski definition) is 4. The number of rotatable bonds is 3. The Bertz CT molecular complexity index is 852. The second-order valence-corrected chi connectivity index (χ2v) is 5.10. The zero-order valence-electron chi connectivity index (χ0n) is 12.4. The fraction of sp³-hybridized carbons (Fsp3) is 0.0556. The number of amides is 1. The van der Waals surface area contributed by atoms with E-state index in [9.17, 15) is 14.7 Å². The Morgan fingerprint density at radius 1 is 1.00 bits per heavy atom. The van der Waals surface area contributed by atoms with Gasteiger partial charge in [-0.05, 0) is 19.1 Å². The predicted octanol–water partition coefficient (Wildman–Crippen LogP) is 2.96. The van der Waals surface area contributed by atoms with Crippen LogP contribution in [0.25, 0.3) is 5.76 Å². The van der Waals surface area contributed by atoms with Crippen molar-refractivity contribution >= 4 is 23.2 Å². The molecule has 1 amide bonds. The fourth-order valence-corrected chi connectivity index (χ4v) is 2.44. The minimum absolute atomic E-state index is 0.110. The number of aliphatic hydroxyl groups excluding tert-OH is 1. The third-order valence-electron chi connectivity index (χ3n) is 3.61. The van der Waals surface area contributed by atoms with Gasteiger partial charge in [-0.15, -0.1) is 0 Å². The smallest absolute Gasteiger partial charge is 0.271 e. The third kappa shape index (κ3) is 2.64. The van der Waals surface area contributed by atoms with Crippen LogP contribution in [0.3, 0.4) is 0 Å². The van der Waals surface area contributed by atoms with Crippen LogP contribution in [0.15, 0.2) is 65.3 Å². The molecule has 5 heteroatoms. The summed E-state index contributed by atoms with van der Waals surface area (Å²) in [6.07, 6.45) is 0. The molecular formula is C18H14N2O3. The number of nitrogens with one attached hydrogen (secondary N) is 1. The Labute approximate surface area is 133 Å². The summed E-state index contributed by atoms with van der Waals surface area (Å²) >= 11 is 0. The average molecular weight is 306 g/mol. The van der Waals surface area contributed by atoms with Gasteiger partial charge in [-0.25, -0.2) is 5.43 Å². The van der Waals surface area contributed by atoms with Crippen LogP contribution in [0.5, 0.6) is 0 Å². The van der Waals surface area contributed by atoms with E-state index in [-0.39, 0.29) is 28.7 Å². The lowest BCUT2D eigenvalue weighted by atomic mass is 10.1. The summed E-state index contributed by atoms with van der Waals surface area (Å²) in [5, 5.41) is 14.2. The van der Waals surface area contributed by atoms with E-state index in [4.69, 9.17) is 0 Å². The number of carbonyl (C=O) groups excluding carboxylic acids is 2. The van der Waals surface area contributed by atoms with Crippen LogP contribution in [-0.4, -0.2) is 22.5 Å².